The van der Waals surface area contributed by atoms with Gasteiger partial charge >= 0.3 is 6.09 Å². The Hall–Kier alpha value is -2.56. The van der Waals surface area contributed by atoms with Gasteiger partial charge in [-0.15, -0.1) is 0 Å². The number of nitrogens with zero attached hydrogens (tertiary/aromatic N) is 2. The minimum Gasteiger partial charge on any atom is -0.443 e. The highest BCUT2D eigenvalue weighted by molar-refractivity contribution is 5.87. The Balaban J connectivity index is 1.86. The molecule has 150 valence electrons. The number of rotatable bonds is 6. The minimum absolute atomic E-state index is 0.335. The van der Waals surface area contributed by atoms with Crippen molar-refractivity contribution in [3.63, 3.8) is 0 Å². The summed E-state index contributed by atoms with van der Waals surface area (Å²) in [5.41, 5.74) is 2.18. The molecular formula is C23H29FN2O2. The van der Waals surface area contributed by atoms with Gasteiger partial charge in [-0.1, -0.05) is 12.1 Å². The maximum Gasteiger partial charge on any atom is 0.415 e. The molecule has 1 fully saturated rings. The van der Waals surface area contributed by atoms with Gasteiger partial charge in [0.15, 0.2) is 0 Å². The van der Waals surface area contributed by atoms with Crippen LogP contribution in [0, 0.1) is 5.82 Å². The second-order valence-electron chi connectivity index (χ2n) is 8.23. The second kappa shape index (κ2) is 8.21. The Morgan fingerprint density at radius 1 is 1.11 bits per heavy atom. The molecule has 0 radical (unpaired) electrons. The van der Waals surface area contributed by atoms with E-state index in [4.69, 9.17) is 4.74 Å². The smallest absolute Gasteiger partial charge is 0.415 e. The second-order valence-corrected chi connectivity index (χ2v) is 8.23. The molecular weight excluding hydrogens is 355 g/mol. The predicted octanol–water partition coefficient (Wildman–Crippen LogP) is 5.76. The fraction of sp³-hybridized carbons (Fsp3) is 0.435. The molecule has 2 aromatic rings. The molecule has 2 aromatic carbocycles. The van der Waals surface area contributed by atoms with E-state index >= 15 is 0 Å². The van der Waals surface area contributed by atoms with Crippen LogP contribution in [0.2, 0.25) is 0 Å². The van der Waals surface area contributed by atoms with Gasteiger partial charge in [-0.05, 0) is 82.5 Å². The average Bonchev–Trinajstić information content (AvgIpc) is 3.45. The molecule has 1 aliphatic rings. The predicted molar refractivity (Wildman–Crippen MR) is 111 cm³/mol. The van der Waals surface area contributed by atoms with Gasteiger partial charge in [0.2, 0.25) is 0 Å². The lowest BCUT2D eigenvalue weighted by atomic mass is 10.1. The van der Waals surface area contributed by atoms with Crippen LogP contribution in [0.15, 0.2) is 48.5 Å². The number of hydrogen-bond acceptors (Lipinski definition) is 3. The third-order valence-corrected chi connectivity index (χ3v) is 4.66. The first-order valence-corrected chi connectivity index (χ1v) is 9.88. The highest BCUT2D eigenvalue weighted by Gasteiger charge is 2.28. The Bertz CT molecular complexity index is 810. The fourth-order valence-corrected chi connectivity index (χ4v) is 3.25. The summed E-state index contributed by atoms with van der Waals surface area (Å²) in [5, 5.41) is 0. The maximum absolute atomic E-state index is 13.4. The van der Waals surface area contributed by atoms with Crippen LogP contribution in [-0.4, -0.2) is 24.3 Å². The summed E-state index contributed by atoms with van der Waals surface area (Å²) in [7, 11) is 0. The standard InChI is InChI=1S/C23H29FN2O2/c1-5-25(19-13-14-19)21-8-6-7-17(15-21)16-26(22(27)28-23(2,3)4)20-11-9-18(24)10-12-20/h6-12,15,19H,5,13-14,16H2,1-4H3. The van der Waals surface area contributed by atoms with E-state index in [2.05, 4.69) is 24.0 Å². The van der Waals surface area contributed by atoms with Crippen LogP contribution in [0.5, 0.6) is 0 Å². The summed E-state index contributed by atoms with van der Waals surface area (Å²) in [5.74, 6) is -0.335. The van der Waals surface area contributed by atoms with Gasteiger partial charge < -0.3 is 9.64 Å². The molecule has 0 saturated heterocycles. The highest BCUT2D eigenvalue weighted by atomic mass is 19.1. The van der Waals surface area contributed by atoms with Gasteiger partial charge in [-0.25, -0.2) is 9.18 Å². The Morgan fingerprint density at radius 3 is 2.36 bits per heavy atom. The van der Waals surface area contributed by atoms with Crippen LogP contribution in [0.3, 0.4) is 0 Å². The van der Waals surface area contributed by atoms with E-state index < -0.39 is 11.7 Å². The summed E-state index contributed by atoms with van der Waals surface area (Å²) in [6, 6.07) is 14.8. The van der Waals surface area contributed by atoms with Crippen LogP contribution in [0.1, 0.15) is 46.1 Å². The van der Waals surface area contributed by atoms with Gasteiger partial charge in [-0.3, -0.25) is 4.90 Å². The van der Waals surface area contributed by atoms with Gasteiger partial charge in [0.25, 0.3) is 0 Å². The van der Waals surface area contributed by atoms with Gasteiger partial charge in [0, 0.05) is 24.0 Å². The molecule has 3 rings (SSSR count). The molecule has 0 bridgehead atoms. The summed E-state index contributed by atoms with van der Waals surface area (Å²) < 4.78 is 19.0. The largest absolute Gasteiger partial charge is 0.443 e. The van der Waals surface area contributed by atoms with E-state index in [0.717, 1.165) is 12.1 Å². The lowest BCUT2D eigenvalue weighted by Gasteiger charge is -2.28. The number of anilines is 2. The van der Waals surface area contributed by atoms with E-state index in [1.54, 1.807) is 17.0 Å². The van der Waals surface area contributed by atoms with Crippen LogP contribution >= 0.6 is 0 Å². The average molecular weight is 384 g/mol. The molecule has 4 nitrogen and oxygen atoms in total. The molecule has 0 aliphatic heterocycles. The third kappa shape index (κ3) is 5.24. The van der Waals surface area contributed by atoms with E-state index in [9.17, 15) is 9.18 Å². The molecule has 0 atom stereocenters. The molecule has 0 heterocycles. The number of benzene rings is 2. The topological polar surface area (TPSA) is 32.8 Å². The summed E-state index contributed by atoms with van der Waals surface area (Å²) in [6.45, 7) is 8.99. The fourth-order valence-electron chi connectivity index (χ4n) is 3.25. The molecule has 0 aromatic heterocycles. The van der Waals surface area contributed by atoms with Gasteiger partial charge in [0.05, 0.1) is 6.54 Å². The normalized spacial score (nSPS) is 13.9. The first kappa shape index (κ1) is 20.2. The van der Waals surface area contributed by atoms with Crippen molar-refractivity contribution in [3.05, 3.63) is 59.9 Å². The van der Waals surface area contributed by atoms with Crippen LogP contribution in [-0.2, 0) is 11.3 Å². The minimum atomic E-state index is -0.609. The lowest BCUT2D eigenvalue weighted by Crippen LogP contribution is -2.36. The summed E-state index contributed by atoms with van der Waals surface area (Å²) in [4.78, 5) is 16.8. The number of halogens is 1. The zero-order valence-corrected chi connectivity index (χ0v) is 17.1. The van der Waals surface area contributed by atoms with E-state index in [0.29, 0.717) is 18.3 Å². The maximum atomic E-state index is 13.4. The number of carbonyl (C=O) groups is 1. The van der Waals surface area contributed by atoms with Crippen molar-refractivity contribution in [2.24, 2.45) is 0 Å². The van der Waals surface area contributed by atoms with Crippen molar-refractivity contribution < 1.29 is 13.9 Å². The Morgan fingerprint density at radius 2 is 1.79 bits per heavy atom. The van der Waals surface area contributed by atoms with E-state index in [1.807, 2.05) is 32.9 Å². The zero-order chi connectivity index (χ0) is 20.3. The Kier molecular flexibility index (Phi) is 5.92. The van der Waals surface area contributed by atoms with Crippen molar-refractivity contribution in [1.29, 1.82) is 0 Å². The SMILES string of the molecule is CCN(c1cccc(CN(C(=O)OC(C)(C)C)c2ccc(F)cc2)c1)C1CC1. The third-order valence-electron chi connectivity index (χ3n) is 4.66. The molecule has 1 amide bonds. The number of hydrogen-bond donors (Lipinski definition) is 0. The molecule has 5 heteroatoms. The lowest BCUT2D eigenvalue weighted by molar-refractivity contribution is 0.0577. The first-order chi connectivity index (χ1) is 13.3. The summed E-state index contributed by atoms with van der Waals surface area (Å²) in [6.07, 6.45) is 2.02. The molecule has 0 unspecified atom stereocenters. The highest BCUT2D eigenvalue weighted by Crippen LogP contribution is 2.32. The zero-order valence-electron chi connectivity index (χ0n) is 17.1. The van der Waals surface area contributed by atoms with Crippen molar-refractivity contribution in [1.82, 2.24) is 0 Å². The molecule has 0 N–H and O–H groups in total. The molecule has 0 spiro atoms. The van der Waals surface area contributed by atoms with Gasteiger partial charge in [0.1, 0.15) is 11.4 Å². The molecule has 1 saturated carbocycles. The van der Waals surface area contributed by atoms with Crippen molar-refractivity contribution in [3.8, 4) is 0 Å². The van der Waals surface area contributed by atoms with Crippen LogP contribution < -0.4 is 9.80 Å². The Labute approximate surface area is 166 Å². The molecule has 28 heavy (non-hydrogen) atoms. The van der Waals surface area contributed by atoms with Gasteiger partial charge in [-0.2, -0.15) is 0 Å². The molecule has 1 aliphatic carbocycles. The van der Waals surface area contributed by atoms with Crippen LogP contribution in [0.4, 0.5) is 20.6 Å². The van der Waals surface area contributed by atoms with Crippen molar-refractivity contribution in [2.75, 3.05) is 16.3 Å². The summed E-state index contributed by atoms with van der Waals surface area (Å²) >= 11 is 0. The van der Waals surface area contributed by atoms with Crippen molar-refractivity contribution >= 4 is 17.5 Å². The number of carbonyl (C=O) groups excluding carboxylic acids is 1. The number of amides is 1. The monoisotopic (exact) mass is 384 g/mol. The van der Waals surface area contributed by atoms with Crippen LogP contribution in [0.25, 0.3) is 0 Å². The van der Waals surface area contributed by atoms with Crippen molar-refractivity contribution in [2.45, 2.75) is 58.7 Å². The van der Waals surface area contributed by atoms with E-state index in [-0.39, 0.29) is 5.82 Å². The van der Waals surface area contributed by atoms with E-state index in [1.165, 1.54) is 30.7 Å². The number of ether oxygens (including phenoxy) is 1. The quantitative estimate of drug-likeness (QED) is 0.635. The first-order valence-electron chi connectivity index (χ1n) is 9.88.